The number of benzene rings is 1. The van der Waals surface area contributed by atoms with Crippen molar-refractivity contribution in [1.29, 1.82) is 0 Å². The zero-order valence-corrected chi connectivity index (χ0v) is 10.1. The van der Waals surface area contributed by atoms with Gasteiger partial charge in [-0.1, -0.05) is 18.2 Å². The Morgan fingerprint density at radius 2 is 1.94 bits per heavy atom. The highest BCUT2D eigenvalue weighted by molar-refractivity contribution is 8.00. The highest BCUT2D eigenvalue weighted by Crippen LogP contribution is 2.26. The minimum atomic E-state index is -0.454. The topological polar surface area (TPSA) is 43.4 Å². The molecule has 16 heavy (non-hydrogen) atoms. The zero-order valence-electron chi connectivity index (χ0n) is 9.30. The van der Waals surface area contributed by atoms with Crippen molar-refractivity contribution in [2.75, 3.05) is 7.11 Å². The molecular weight excluding hydrogens is 224 g/mol. The highest BCUT2D eigenvalue weighted by atomic mass is 32.2. The second-order valence-electron chi connectivity index (χ2n) is 3.35. The second kappa shape index (κ2) is 6.33. The van der Waals surface area contributed by atoms with E-state index in [0.717, 1.165) is 4.90 Å². The maximum atomic E-state index is 11.5. The third kappa shape index (κ3) is 4.06. The molecule has 0 fully saturated rings. The molecule has 4 heteroatoms. The number of carbonyl (C=O) groups excluding carboxylic acids is 2. The van der Waals surface area contributed by atoms with Crippen molar-refractivity contribution in [2.45, 2.75) is 23.5 Å². The fraction of sp³-hybridized carbons (Fsp3) is 0.333. The first-order valence-electron chi connectivity index (χ1n) is 4.92. The van der Waals surface area contributed by atoms with Crippen LogP contribution in [0.5, 0.6) is 0 Å². The molecule has 1 atom stereocenters. The van der Waals surface area contributed by atoms with Crippen LogP contribution in [-0.4, -0.2) is 24.1 Å². The van der Waals surface area contributed by atoms with Crippen molar-refractivity contribution in [3.8, 4) is 0 Å². The van der Waals surface area contributed by atoms with Crippen molar-refractivity contribution < 1.29 is 14.3 Å². The number of ether oxygens (including phenoxy) is 1. The Morgan fingerprint density at radius 1 is 1.31 bits per heavy atom. The molecule has 0 N–H and O–H groups in total. The Kier molecular flexibility index (Phi) is 5.05. The van der Waals surface area contributed by atoms with E-state index in [1.54, 1.807) is 0 Å². The van der Waals surface area contributed by atoms with E-state index in [0.29, 0.717) is 0 Å². The number of hydrogen-bond acceptors (Lipinski definition) is 4. The van der Waals surface area contributed by atoms with Crippen molar-refractivity contribution in [3.05, 3.63) is 30.3 Å². The van der Waals surface area contributed by atoms with Gasteiger partial charge in [-0.2, -0.15) is 0 Å². The Labute approximate surface area is 99.2 Å². The monoisotopic (exact) mass is 238 g/mol. The first kappa shape index (κ1) is 12.8. The van der Waals surface area contributed by atoms with E-state index in [4.69, 9.17) is 0 Å². The Balaban J connectivity index is 2.70. The molecule has 0 amide bonds. The summed E-state index contributed by atoms with van der Waals surface area (Å²) in [7, 11) is 1.33. The van der Waals surface area contributed by atoms with E-state index >= 15 is 0 Å². The second-order valence-corrected chi connectivity index (χ2v) is 4.62. The molecule has 1 aromatic carbocycles. The third-order valence-electron chi connectivity index (χ3n) is 1.96. The largest absolute Gasteiger partial charge is 0.468 e. The summed E-state index contributed by atoms with van der Waals surface area (Å²) in [6.07, 6.45) is 0.201. The maximum Gasteiger partial charge on any atom is 0.319 e. The normalized spacial score (nSPS) is 11.9. The molecule has 3 nitrogen and oxygen atoms in total. The zero-order chi connectivity index (χ0) is 12.0. The lowest BCUT2D eigenvalue weighted by atomic mass is 10.2. The van der Waals surface area contributed by atoms with Gasteiger partial charge in [-0.15, -0.1) is 11.8 Å². The van der Waals surface area contributed by atoms with Crippen molar-refractivity contribution in [1.82, 2.24) is 0 Å². The molecule has 0 aliphatic rings. The molecule has 0 aliphatic heterocycles. The number of ketones is 1. The number of carbonyl (C=O) groups is 2. The van der Waals surface area contributed by atoms with Crippen LogP contribution < -0.4 is 0 Å². The van der Waals surface area contributed by atoms with Crippen LogP contribution in [0.4, 0.5) is 0 Å². The van der Waals surface area contributed by atoms with Crippen molar-refractivity contribution in [2.24, 2.45) is 0 Å². The quantitative estimate of drug-likeness (QED) is 0.583. The molecule has 0 saturated carbocycles. The Hall–Kier alpha value is -1.29. The predicted molar refractivity (Wildman–Crippen MR) is 63.4 cm³/mol. The van der Waals surface area contributed by atoms with Gasteiger partial charge in [-0.25, -0.2) is 0 Å². The lowest BCUT2D eigenvalue weighted by Gasteiger charge is -2.12. The minimum absolute atomic E-state index is 0.0150. The summed E-state index contributed by atoms with van der Waals surface area (Å²) in [5, 5.41) is -0.454. The lowest BCUT2D eigenvalue weighted by molar-refractivity contribution is -0.141. The van der Waals surface area contributed by atoms with Crippen molar-refractivity contribution >= 4 is 23.5 Å². The molecule has 0 spiro atoms. The van der Waals surface area contributed by atoms with E-state index < -0.39 is 5.25 Å². The molecule has 0 aromatic heterocycles. The van der Waals surface area contributed by atoms with Crippen LogP contribution in [0.3, 0.4) is 0 Å². The Bertz CT molecular complexity index is 362. The molecule has 0 saturated heterocycles. The third-order valence-corrected chi connectivity index (χ3v) is 3.15. The summed E-state index contributed by atoms with van der Waals surface area (Å²) in [6.45, 7) is 1.47. The standard InChI is InChI=1S/C12H14O3S/c1-9(13)8-11(12(14)15-2)16-10-6-4-3-5-7-10/h3-7,11H,8H2,1-2H3. The summed E-state index contributed by atoms with van der Waals surface area (Å²) in [6, 6.07) is 9.50. The summed E-state index contributed by atoms with van der Waals surface area (Å²) in [5.41, 5.74) is 0. The summed E-state index contributed by atoms with van der Waals surface area (Å²) >= 11 is 1.35. The number of esters is 1. The Morgan fingerprint density at radius 3 is 2.44 bits per heavy atom. The maximum absolute atomic E-state index is 11.5. The van der Waals surface area contributed by atoms with Crippen molar-refractivity contribution in [3.63, 3.8) is 0 Å². The van der Waals surface area contributed by atoms with E-state index in [1.165, 1.54) is 25.8 Å². The van der Waals surface area contributed by atoms with E-state index in [9.17, 15) is 9.59 Å². The fourth-order valence-corrected chi connectivity index (χ4v) is 2.38. The summed E-state index contributed by atoms with van der Waals surface area (Å²) < 4.78 is 4.67. The van der Waals surface area contributed by atoms with Gasteiger partial charge in [0.2, 0.25) is 0 Å². The van der Waals surface area contributed by atoms with Gasteiger partial charge in [0.15, 0.2) is 0 Å². The number of thioether (sulfide) groups is 1. The van der Waals surface area contributed by atoms with Gasteiger partial charge in [0.05, 0.1) is 7.11 Å². The van der Waals surface area contributed by atoms with Gasteiger partial charge in [-0.05, 0) is 19.1 Å². The SMILES string of the molecule is COC(=O)C(CC(C)=O)Sc1ccccc1. The lowest BCUT2D eigenvalue weighted by Crippen LogP contribution is -2.21. The van der Waals surface area contributed by atoms with Gasteiger partial charge in [0.25, 0.3) is 0 Å². The predicted octanol–water partition coefficient (Wildman–Crippen LogP) is 2.30. The van der Waals surface area contributed by atoms with Gasteiger partial charge < -0.3 is 4.74 Å². The van der Waals surface area contributed by atoms with Gasteiger partial charge in [0.1, 0.15) is 11.0 Å². The average Bonchev–Trinajstić information content (AvgIpc) is 2.28. The first-order valence-corrected chi connectivity index (χ1v) is 5.80. The van der Waals surface area contributed by atoms with Crippen LogP contribution in [0.15, 0.2) is 35.2 Å². The van der Waals surface area contributed by atoms with Crippen LogP contribution >= 0.6 is 11.8 Å². The van der Waals surface area contributed by atoms with Crippen LogP contribution in [0.25, 0.3) is 0 Å². The number of Topliss-reactive ketones (excluding diaryl/α,β-unsaturated/α-hetero) is 1. The number of hydrogen-bond donors (Lipinski definition) is 0. The minimum Gasteiger partial charge on any atom is -0.468 e. The van der Waals surface area contributed by atoms with Crippen LogP contribution in [-0.2, 0) is 14.3 Å². The fourth-order valence-electron chi connectivity index (χ4n) is 1.23. The van der Waals surface area contributed by atoms with E-state index in [-0.39, 0.29) is 18.2 Å². The van der Waals surface area contributed by atoms with Gasteiger partial charge >= 0.3 is 5.97 Å². The molecule has 0 heterocycles. The molecule has 0 radical (unpaired) electrons. The van der Waals surface area contributed by atoms with Crippen LogP contribution in [0, 0.1) is 0 Å². The average molecular weight is 238 g/mol. The molecule has 0 bridgehead atoms. The molecule has 1 rings (SSSR count). The molecule has 0 aliphatic carbocycles. The molecule has 1 aromatic rings. The smallest absolute Gasteiger partial charge is 0.319 e. The molecular formula is C12H14O3S. The first-order chi connectivity index (χ1) is 7.63. The van der Waals surface area contributed by atoms with Crippen LogP contribution in [0.2, 0.25) is 0 Å². The number of rotatable bonds is 5. The highest BCUT2D eigenvalue weighted by Gasteiger charge is 2.22. The van der Waals surface area contributed by atoms with Gasteiger partial charge in [0, 0.05) is 11.3 Å². The summed E-state index contributed by atoms with van der Waals surface area (Å²) in [4.78, 5) is 23.5. The molecule has 1 unspecified atom stereocenters. The van der Waals surface area contributed by atoms with Crippen LogP contribution in [0.1, 0.15) is 13.3 Å². The van der Waals surface area contributed by atoms with E-state index in [2.05, 4.69) is 4.74 Å². The summed E-state index contributed by atoms with van der Waals surface area (Å²) in [5.74, 6) is -0.372. The molecule has 86 valence electrons. The van der Waals surface area contributed by atoms with E-state index in [1.807, 2.05) is 30.3 Å². The van der Waals surface area contributed by atoms with Gasteiger partial charge in [-0.3, -0.25) is 9.59 Å². The number of methoxy groups -OCH3 is 1.